The minimum atomic E-state index is -3.69. The fraction of sp³-hybridized carbons (Fsp3) is 0.588. The molecular formula is C17H28N2O5S. The summed E-state index contributed by atoms with van der Waals surface area (Å²) in [6.07, 6.45) is 1.07. The van der Waals surface area contributed by atoms with Crippen molar-refractivity contribution in [3.63, 3.8) is 0 Å². The third kappa shape index (κ3) is 5.26. The van der Waals surface area contributed by atoms with Crippen LogP contribution >= 0.6 is 0 Å². The van der Waals surface area contributed by atoms with Gasteiger partial charge in [0, 0.05) is 12.1 Å². The van der Waals surface area contributed by atoms with Crippen molar-refractivity contribution >= 4 is 21.6 Å². The predicted octanol–water partition coefficient (Wildman–Crippen LogP) is 2.02. The fourth-order valence-corrected chi connectivity index (χ4v) is 3.45. The number of hydrogen-bond donors (Lipinski definition) is 1. The second kappa shape index (κ2) is 8.42. The van der Waals surface area contributed by atoms with Crippen LogP contribution in [0.3, 0.4) is 0 Å². The van der Waals surface area contributed by atoms with Crippen LogP contribution in [0.1, 0.15) is 27.7 Å². The van der Waals surface area contributed by atoms with Crippen molar-refractivity contribution in [2.45, 2.75) is 39.8 Å². The Balaban J connectivity index is 3.25. The van der Waals surface area contributed by atoms with Gasteiger partial charge in [-0.15, -0.1) is 0 Å². The van der Waals surface area contributed by atoms with Crippen LogP contribution in [-0.2, 0) is 14.8 Å². The Labute approximate surface area is 150 Å². The SMILES string of the molecule is COc1ccc(N([C@@H](C)C(=O)N[C@@H](C)C(C)C)S(C)(=O)=O)cc1OC. The topological polar surface area (TPSA) is 84.9 Å². The van der Waals surface area contributed by atoms with Crippen molar-refractivity contribution in [3.05, 3.63) is 18.2 Å². The van der Waals surface area contributed by atoms with E-state index in [2.05, 4.69) is 5.32 Å². The van der Waals surface area contributed by atoms with Gasteiger partial charge in [-0.1, -0.05) is 13.8 Å². The van der Waals surface area contributed by atoms with Crippen molar-refractivity contribution in [2.75, 3.05) is 24.8 Å². The summed E-state index contributed by atoms with van der Waals surface area (Å²) in [5, 5.41) is 2.85. The van der Waals surface area contributed by atoms with Crippen molar-refractivity contribution < 1.29 is 22.7 Å². The molecule has 142 valence electrons. The van der Waals surface area contributed by atoms with Gasteiger partial charge in [-0.25, -0.2) is 8.42 Å². The molecule has 2 atom stereocenters. The van der Waals surface area contributed by atoms with E-state index in [1.165, 1.54) is 20.3 Å². The van der Waals surface area contributed by atoms with Crippen LogP contribution in [0.4, 0.5) is 5.69 Å². The quantitative estimate of drug-likeness (QED) is 0.755. The first-order valence-electron chi connectivity index (χ1n) is 8.04. The Morgan fingerprint density at radius 1 is 1.08 bits per heavy atom. The molecule has 1 amide bonds. The lowest BCUT2D eigenvalue weighted by atomic mass is 10.1. The number of methoxy groups -OCH3 is 2. The number of amides is 1. The Morgan fingerprint density at radius 2 is 1.64 bits per heavy atom. The van der Waals surface area contributed by atoms with E-state index in [1.807, 2.05) is 20.8 Å². The summed E-state index contributed by atoms with van der Waals surface area (Å²) in [6.45, 7) is 7.41. The maximum absolute atomic E-state index is 12.5. The normalized spacial score (nSPS) is 13.9. The number of benzene rings is 1. The van der Waals surface area contributed by atoms with Crippen molar-refractivity contribution in [2.24, 2.45) is 5.92 Å². The average molecular weight is 372 g/mol. The van der Waals surface area contributed by atoms with Gasteiger partial charge in [0.2, 0.25) is 15.9 Å². The lowest BCUT2D eigenvalue weighted by Gasteiger charge is -2.30. The van der Waals surface area contributed by atoms with E-state index < -0.39 is 16.1 Å². The molecule has 0 aliphatic rings. The van der Waals surface area contributed by atoms with E-state index in [0.717, 1.165) is 10.6 Å². The Hall–Kier alpha value is -1.96. The highest BCUT2D eigenvalue weighted by molar-refractivity contribution is 7.92. The number of nitrogens with zero attached hydrogens (tertiary/aromatic N) is 1. The van der Waals surface area contributed by atoms with Crippen LogP contribution in [0.15, 0.2) is 18.2 Å². The molecule has 0 aliphatic heterocycles. The zero-order valence-electron chi connectivity index (χ0n) is 15.9. The van der Waals surface area contributed by atoms with Gasteiger partial charge >= 0.3 is 0 Å². The second-order valence-electron chi connectivity index (χ2n) is 6.32. The number of anilines is 1. The van der Waals surface area contributed by atoms with Gasteiger partial charge in [0.25, 0.3) is 0 Å². The number of sulfonamides is 1. The van der Waals surface area contributed by atoms with Gasteiger partial charge in [0.05, 0.1) is 26.2 Å². The van der Waals surface area contributed by atoms with Crippen molar-refractivity contribution in [1.29, 1.82) is 0 Å². The van der Waals surface area contributed by atoms with E-state index in [4.69, 9.17) is 9.47 Å². The van der Waals surface area contributed by atoms with Gasteiger partial charge in [-0.05, 0) is 31.9 Å². The van der Waals surface area contributed by atoms with Crippen molar-refractivity contribution in [3.8, 4) is 11.5 Å². The first kappa shape index (κ1) is 21.1. The summed E-state index contributed by atoms with van der Waals surface area (Å²) in [5.41, 5.74) is 0.333. The third-order valence-corrected chi connectivity index (χ3v) is 5.32. The zero-order valence-corrected chi connectivity index (χ0v) is 16.7. The molecule has 1 aromatic carbocycles. The maximum atomic E-state index is 12.5. The molecule has 0 unspecified atom stereocenters. The molecule has 0 aromatic heterocycles. The number of rotatable bonds is 8. The molecule has 1 N–H and O–H groups in total. The third-order valence-electron chi connectivity index (χ3n) is 4.08. The van der Waals surface area contributed by atoms with Gasteiger partial charge in [-0.3, -0.25) is 9.10 Å². The zero-order chi connectivity index (χ0) is 19.4. The molecule has 7 nitrogen and oxygen atoms in total. The molecule has 0 fully saturated rings. The lowest BCUT2D eigenvalue weighted by molar-refractivity contribution is -0.122. The van der Waals surface area contributed by atoms with Crippen LogP contribution in [-0.4, -0.2) is 46.9 Å². The minimum Gasteiger partial charge on any atom is -0.493 e. The molecule has 8 heteroatoms. The molecule has 0 bridgehead atoms. The predicted molar refractivity (Wildman–Crippen MR) is 98.8 cm³/mol. The van der Waals surface area contributed by atoms with E-state index in [1.54, 1.807) is 19.1 Å². The highest BCUT2D eigenvalue weighted by Gasteiger charge is 2.30. The summed E-state index contributed by atoms with van der Waals surface area (Å²) in [4.78, 5) is 12.5. The molecule has 0 aliphatic carbocycles. The number of nitrogens with one attached hydrogen (secondary N) is 1. The van der Waals surface area contributed by atoms with E-state index >= 15 is 0 Å². The largest absolute Gasteiger partial charge is 0.493 e. The summed E-state index contributed by atoms with van der Waals surface area (Å²) in [5.74, 6) is 0.743. The molecule has 1 rings (SSSR count). The highest BCUT2D eigenvalue weighted by atomic mass is 32.2. The smallest absolute Gasteiger partial charge is 0.243 e. The fourth-order valence-electron chi connectivity index (χ4n) is 2.28. The Bertz CT molecular complexity index is 703. The lowest BCUT2D eigenvalue weighted by Crippen LogP contribution is -2.50. The summed E-state index contributed by atoms with van der Waals surface area (Å²) >= 11 is 0. The van der Waals surface area contributed by atoms with Gasteiger partial charge in [0.15, 0.2) is 11.5 Å². The van der Waals surface area contributed by atoms with Crippen LogP contribution < -0.4 is 19.1 Å². The number of carbonyl (C=O) groups is 1. The molecule has 25 heavy (non-hydrogen) atoms. The Kier molecular flexibility index (Phi) is 7.10. The molecule has 0 radical (unpaired) electrons. The molecule has 0 saturated carbocycles. The van der Waals surface area contributed by atoms with Crippen LogP contribution in [0, 0.1) is 5.92 Å². The highest BCUT2D eigenvalue weighted by Crippen LogP contribution is 2.33. The van der Waals surface area contributed by atoms with Gasteiger partial charge in [0.1, 0.15) is 6.04 Å². The Morgan fingerprint density at radius 3 is 2.08 bits per heavy atom. The standard InChI is InChI=1S/C17H28N2O5S/c1-11(2)12(3)18-17(20)13(4)19(25(7,21)22)14-8-9-15(23-5)16(10-14)24-6/h8-13H,1-7H3,(H,18,20)/t12-,13-/m0/s1. The second-order valence-corrected chi connectivity index (χ2v) is 8.17. The van der Waals surface area contributed by atoms with Crippen LogP contribution in [0.25, 0.3) is 0 Å². The van der Waals surface area contributed by atoms with Crippen LogP contribution in [0.5, 0.6) is 11.5 Å². The molecule has 0 saturated heterocycles. The molecule has 1 aromatic rings. The van der Waals surface area contributed by atoms with Crippen LogP contribution in [0.2, 0.25) is 0 Å². The monoisotopic (exact) mass is 372 g/mol. The number of hydrogen-bond acceptors (Lipinski definition) is 5. The van der Waals surface area contributed by atoms with Crippen molar-refractivity contribution in [1.82, 2.24) is 5.32 Å². The van der Waals surface area contributed by atoms with E-state index in [-0.39, 0.29) is 17.9 Å². The van der Waals surface area contributed by atoms with Gasteiger partial charge in [-0.2, -0.15) is 0 Å². The van der Waals surface area contributed by atoms with E-state index in [0.29, 0.717) is 17.2 Å². The maximum Gasteiger partial charge on any atom is 0.243 e. The average Bonchev–Trinajstić information content (AvgIpc) is 2.53. The van der Waals surface area contributed by atoms with Gasteiger partial charge < -0.3 is 14.8 Å². The molecule has 0 heterocycles. The number of ether oxygens (including phenoxy) is 2. The molecular weight excluding hydrogens is 344 g/mol. The first-order valence-corrected chi connectivity index (χ1v) is 9.89. The minimum absolute atomic E-state index is 0.0678. The van der Waals surface area contributed by atoms with E-state index in [9.17, 15) is 13.2 Å². The first-order chi connectivity index (χ1) is 11.5. The molecule has 0 spiro atoms. The summed E-state index contributed by atoms with van der Waals surface area (Å²) in [7, 11) is -0.726. The summed E-state index contributed by atoms with van der Waals surface area (Å²) < 4.78 is 36.1. The summed E-state index contributed by atoms with van der Waals surface area (Å²) in [6, 6.07) is 3.75. The number of carbonyl (C=O) groups excluding carboxylic acids is 1.